The number of ether oxygens (including phenoxy) is 2. The van der Waals surface area contributed by atoms with E-state index in [0.717, 1.165) is 24.9 Å². The lowest BCUT2D eigenvalue weighted by atomic mass is 9.75. The van der Waals surface area contributed by atoms with Crippen molar-refractivity contribution in [2.75, 3.05) is 25.8 Å². The second-order valence-corrected chi connectivity index (χ2v) is 12.4. The summed E-state index contributed by atoms with van der Waals surface area (Å²) in [5.74, 6) is 1.08. The number of fused-ring (bicyclic) bond motifs is 1. The van der Waals surface area contributed by atoms with Gasteiger partial charge < -0.3 is 24.0 Å². The van der Waals surface area contributed by atoms with E-state index >= 15 is 0 Å². The van der Waals surface area contributed by atoms with Crippen molar-refractivity contribution in [2.24, 2.45) is 17.8 Å². The number of hydrogen-bond donors (Lipinski definition) is 1. The second-order valence-electron chi connectivity index (χ2n) is 9.96. The minimum absolute atomic E-state index is 0.144. The molecule has 2 aliphatic rings. The Morgan fingerprint density at radius 1 is 1.06 bits per heavy atom. The molecule has 0 spiro atoms. The molecule has 7 heteroatoms. The first-order chi connectivity index (χ1) is 15.7. The van der Waals surface area contributed by atoms with Crippen LogP contribution in [0.15, 0.2) is 42.5 Å². The number of nitrogens with zero attached hydrogens (tertiary/aromatic N) is 1. The molecule has 2 aromatic rings. The van der Waals surface area contributed by atoms with Gasteiger partial charge >= 0.3 is 0 Å². The lowest BCUT2D eigenvalue weighted by Crippen LogP contribution is -2.35. The summed E-state index contributed by atoms with van der Waals surface area (Å²) in [6.45, 7) is 6.76. The Hall–Kier alpha value is -2.01. The maximum Gasteiger partial charge on any atom is 0.264 e. The molecular weight excluding hydrogens is 437 g/mol. The van der Waals surface area contributed by atoms with Gasteiger partial charge in [0, 0.05) is 25.1 Å². The van der Waals surface area contributed by atoms with Crippen molar-refractivity contribution in [2.45, 2.75) is 52.0 Å². The van der Waals surface area contributed by atoms with Crippen LogP contribution in [0.4, 0.5) is 5.69 Å². The van der Waals surface area contributed by atoms with Gasteiger partial charge in [0.15, 0.2) is 17.3 Å². The highest BCUT2D eigenvalue weighted by atomic mass is 31.2. The monoisotopic (exact) mass is 473 g/mol. The van der Waals surface area contributed by atoms with E-state index < -0.39 is 13.2 Å². The molecule has 0 bridgehead atoms. The summed E-state index contributed by atoms with van der Waals surface area (Å²) in [4.78, 5) is 1.99. The molecule has 1 aliphatic carbocycles. The van der Waals surface area contributed by atoms with Crippen LogP contribution < -0.4 is 19.7 Å². The Morgan fingerprint density at radius 2 is 1.76 bits per heavy atom. The molecule has 1 N–H and O–H groups in total. The Labute approximate surface area is 197 Å². The smallest absolute Gasteiger partial charge is 0.264 e. The molecule has 180 valence electrons. The molecule has 0 aromatic heterocycles. The molecule has 1 heterocycles. The summed E-state index contributed by atoms with van der Waals surface area (Å²) in [6, 6.07) is 12.7. The van der Waals surface area contributed by atoms with Crippen molar-refractivity contribution in [3.63, 3.8) is 0 Å². The molecular formula is C26H36NO5P. The number of hydrogen-bond acceptors (Lipinski definition) is 6. The van der Waals surface area contributed by atoms with Crippen molar-refractivity contribution in [3.05, 3.63) is 48.0 Å². The van der Waals surface area contributed by atoms with E-state index in [9.17, 15) is 9.67 Å². The number of anilines is 1. The van der Waals surface area contributed by atoms with E-state index in [1.54, 1.807) is 18.2 Å². The van der Waals surface area contributed by atoms with Crippen molar-refractivity contribution in [1.82, 2.24) is 0 Å². The minimum Gasteiger partial charge on any atom is -0.454 e. The fourth-order valence-corrected chi connectivity index (χ4v) is 7.21. The molecule has 2 aromatic carbocycles. The molecule has 33 heavy (non-hydrogen) atoms. The van der Waals surface area contributed by atoms with Crippen LogP contribution >= 0.6 is 7.37 Å². The zero-order chi connectivity index (χ0) is 23.8. The van der Waals surface area contributed by atoms with Gasteiger partial charge in [-0.3, -0.25) is 4.57 Å². The summed E-state index contributed by atoms with van der Waals surface area (Å²) in [5.41, 5.74) is 1.50. The van der Waals surface area contributed by atoms with Crippen molar-refractivity contribution in [3.8, 4) is 11.5 Å². The zero-order valence-corrected chi connectivity index (χ0v) is 21.1. The Morgan fingerprint density at radius 3 is 2.42 bits per heavy atom. The molecule has 0 saturated heterocycles. The summed E-state index contributed by atoms with van der Waals surface area (Å²) in [6.07, 6.45) is 2.87. The number of benzene rings is 2. The van der Waals surface area contributed by atoms with Gasteiger partial charge in [-0.15, -0.1) is 0 Å². The molecule has 5 atom stereocenters. The van der Waals surface area contributed by atoms with Gasteiger partial charge in [0.05, 0.1) is 6.10 Å². The van der Waals surface area contributed by atoms with Crippen LogP contribution in [0.25, 0.3) is 0 Å². The lowest BCUT2D eigenvalue weighted by Gasteiger charge is -2.40. The van der Waals surface area contributed by atoms with E-state index in [-0.39, 0.29) is 12.9 Å². The van der Waals surface area contributed by atoms with E-state index in [1.165, 1.54) is 0 Å². The Balaban J connectivity index is 1.73. The van der Waals surface area contributed by atoms with Crippen LogP contribution in [0, 0.1) is 17.8 Å². The van der Waals surface area contributed by atoms with Gasteiger partial charge in [0.2, 0.25) is 6.79 Å². The number of rotatable bonds is 7. The van der Waals surface area contributed by atoms with Gasteiger partial charge in [-0.1, -0.05) is 33.3 Å². The van der Waals surface area contributed by atoms with Crippen LogP contribution in [-0.2, 0) is 9.09 Å². The van der Waals surface area contributed by atoms with Gasteiger partial charge in [-0.25, -0.2) is 0 Å². The molecule has 0 radical (unpaired) electrons. The SMILES string of the molecule is CC(C)[C@@H]1CC[C@@H](C)C[C@H]1O[P@](=O)(c1ccc(N(C)C)cc1)[C@H](O)c1ccc2c(c1)OCO2. The van der Waals surface area contributed by atoms with Crippen LogP contribution in [0.3, 0.4) is 0 Å². The molecule has 0 amide bonds. The average Bonchev–Trinajstić information content (AvgIpc) is 3.26. The first-order valence-electron chi connectivity index (χ1n) is 11.8. The van der Waals surface area contributed by atoms with Crippen molar-refractivity contribution in [1.29, 1.82) is 0 Å². The standard InChI is InChI=1S/C26H36NO5P/c1-17(2)22-12-6-18(3)14-24(22)32-33(29,21-10-8-20(9-11-21)27(4)5)26(28)19-7-13-23-25(15-19)31-16-30-23/h7-11,13,15,17-18,22,24,26,28H,6,12,14,16H2,1-5H3/t18-,22+,24-,26+,33-/m1/s1. The van der Waals surface area contributed by atoms with Crippen molar-refractivity contribution >= 4 is 18.4 Å². The highest BCUT2D eigenvalue weighted by Crippen LogP contribution is 2.61. The third-order valence-corrected chi connectivity index (χ3v) is 9.54. The summed E-state index contributed by atoms with van der Waals surface area (Å²) >= 11 is 0. The Kier molecular flexibility index (Phi) is 7.09. The summed E-state index contributed by atoms with van der Waals surface area (Å²) in [5, 5.41) is 12.1. The van der Waals surface area contributed by atoms with E-state index in [1.807, 2.05) is 43.3 Å². The highest BCUT2D eigenvalue weighted by Gasteiger charge is 2.43. The maximum atomic E-state index is 14.7. The third-order valence-electron chi connectivity index (χ3n) is 7.00. The number of aliphatic hydroxyl groups excluding tert-OH is 1. The molecule has 0 unspecified atom stereocenters. The molecule has 1 fully saturated rings. The van der Waals surface area contributed by atoms with Gasteiger partial charge in [-0.2, -0.15) is 0 Å². The van der Waals surface area contributed by atoms with E-state index in [2.05, 4.69) is 20.8 Å². The van der Waals surface area contributed by atoms with Crippen LogP contribution in [0.5, 0.6) is 11.5 Å². The van der Waals surface area contributed by atoms with Gasteiger partial charge in [-0.05, 0) is 72.6 Å². The highest BCUT2D eigenvalue weighted by molar-refractivity contribution is 7.67. The minimum atomic E-state index is -3.69. The zero-order valence-electron chi connectivity index (χ0n) is 20.2. The summed E-state index contributed by atoms with van der Waals surface area (Å²) < 4.78 is 32.1. The third kappa shape index (κ3) is 4.94. The molecule has 1 saturated carbocycles. The topological polar surface area (TPSA) is 68.2 Å². The van der Waals surface area contributed by atoms with Gasteiger partial charge in [0.1, 0.15) is 0 Å². The fourth-order valence-electron chi connectivity index (χ4n) is 4.93. The largest absolute Gasteiger partial charge is 0.454 e. The second kappa shape index (κ2) is 9.69. The quantitative estimate of drug-likeness (QED) is 0.532. The van der Waals surface area contributed by atoms with E-state index in [4.69, 9.17) is 14.0 Å². The Bertz CT molecular complexity index is 1010. The normalized spacial score (nSPS) is 25.0. The number of aliphatic hydroxyl groups is 1. The maximum absolute atomic E-state index is 14.7. The fraction of sp³-hybridized carbons (Fsp3) is 0.538. The molecule has 1 aliphatic heterocycles. The average molecular weight is 474 g/mol. The van der Waals surface area contributed by atoms with Crippen molar-refractivity contribution < 1.29 is 23.7 Å². The lowest BCUT2D eigenvalue weighted by molar-refractivity contribution is 0.0427. The first kappa shape index (κ1) is 24.1. The predicted octanol–water partition coefficient (Wildman–Crippen LogP) is 5.55. The van der Waals surface area contributed by atoms with Crippen LogP contribution in [0.2, 0.25) is 0 Å². The first-order valence-corrected chi connectivity index (χ1v) is 13.5. The molecule has 6 nitrogen and oxygen atoms in total. The van der Waals surface area contributed by atoms with E-state index in [0.29, 0.717) is 40.1 Å². The molecule has 4 rings (SSSR count). The predicted molar refractivity (Wildman–Crippen MR) is 132 cm³/mol. The van der Waals surface area contributed by atoms with Crippen LogP contribution in [0.1, 0.15) is 51.4 Å². The van der Waals surface area contributed by atoms with Gasteiger partial charge in [0.25, 0.3) is 7.37 Å². The van der Waals surface area contributed by atoms with Crippen LogP contribution in [-0.4, -0.2) is 32.1 Å². The summed E-state index contributed by atoms with van der Waals surface area (Å²) in [7, 11) is 0.232.